The molecule has 3 atom stereocenters. The summed E-state index contributed by atoms with van der Waals surface area (Å²) >= 11 is 0. The summed E-state index contributed by atoms with van der Waals surface area (Å²) in [6.45, 7) is 5.55. The summed E-state index contributed by atoms with van der Waals surface area (Å²) in [5, 5.41) is 4.37. The van der Waals surface area contributed by atoms with E-state index in [4.69, 9.17) is 9.47 Å². The van der Waals surface area contributed by atoms with E-state index in [1.54, 1.807) is 11.8 Å². The van der Waals surface area contributed by atoms with E-state index in [9.17, 15) is 8.42 Å². The SMILES string of the molecule is COCc1nc2n(n1)CCC[C@@H]2NS(=O)(=O)N1C[C@@H](C)OC[C@@H]1C. The van der Waals surface area contributed by atoms with Gasteiger partial charge in [-0.1, -0.05) is 0 Å². The third-order valence-electron chi connectivity index (χ3n) is 4.34. The second-order valence-corrected chi connectivity index (χ2v) is 8.08. The van der Waals surface area contributed by atoms with E-state index in [2.05, 4.69) is 14.8 Å². The fraction of sp³-hybridized carbons (Fsp3) is 0.857. The molecule has 0 aromatic carbocycles. The molecule has 1 aromatic rings. The summed E-state index contributed by atoms with van der Waals surface area (Å²) in [6.07, 6.45) is 1.45. The van der Waals surface area contributed by atoms with Crippen LogP contribution in [0.4, 0.5) is 0 Å². The molecule has 1 saturated heterocycles. The first kappa shape index (κ1) is 17.7. The van der Waals surface area contributed by atoms with E-state index in [0.29, 0.717) is 37.8 Å². The summed E-state index contributed by atoms with van der Waals surface area (Å²) in [4.78, 5) is 4.44. The highest BCUT2D eigenvalue weighted by Gasteiger charge is 2.36. The van der Waals surface area contributed by atoms with E-state index < -0.39 is 10.2 Å². The van der Waals surface area contributed by atoms with E-state index in [-0.39, 0.29) is 18.2 Å². The minimum Gasteiger partial charge on any atom is -0.377 e. The highest BCUT2D eigenvalue weighted by Crippen LogP contribution is 2.25. The van der Waals surface area contributed by atoms with Crippen LogP contribution in [0.15, 0.2) is 0 Å². The van der Waals surface area contributed by atoms with Crippen molar-refractivity contribution in [1.82, 2.24) is 23.8 Å². The molecule has 0 saturated carbocycles. The Morgan fingerprint density at radius 1 is 1.42 bits per heavy atom. The molecule has 0 bridgehead atoms. The van der Waals surface area contributed by atoms with Gasteiger partial charge in [0.15, 0.2) is 5.82 Å². The lowest BCUT2D eigenvalue weighted by atomic mass is 10.1. The van der Waals surface area contributed by atoms with Gasteiger partial charge in [-0.15, -0.1) is 0 Å². The topological polar surface area (TPSA) is 98.6 Å². The standard InChI is InChI=1S/C14H25N5O4S/c1-10-8-23-11(2)7-19(10)24(20,21)17-12-5-4-6-18-14(12)15-13(16-18)9-22-3/h10-12,17H,4-9H2,1-3H3/t10-,11+,12-/m0/s1. The number of methoxy groups -OCH3 is 1. The number of morpholine rings is 1. The predicted octanol–water partition coefficient (Wildman–Crippen LogP) is 0.203. The molecule has 0 unspecified atom stereocenters. The molecule has 24 heavy (non-hydrogen) atoms. The van der Waals surface area contributed by atoms with Gasteiger partial charge in [0, 0.05) is 26.2 Å². The Hall–Kier alpha value is -1.07. The molecule has 9 nitrogen and oxygen atoms in total. The van der Waals surface area contributed by atoms with Crippen molar-refractivity contribution in [3.63, 3.8) is 0 Å². The lowest BCUT2D eigenvalue weighted by molar-refractivity contribution is -0.0176. The van der Waals surface area contributed by atoms with Crippen molar-refractivity contribution in [3.8, 4) is 0 Å². The molecule has 10 heteroatoms. The van der Waals surface area contributed by atoms with Gasteiger partial charge in [-0.3, -0.25) is 0 Å². The molecule has 0 amide bonds. The number of aryl methyl sites for hydroxylation is 1. The number of fused-ring (bicyclic) bond motifs is 1. The van der Waals surface area contributed by atoms with Crippen molar-refractivity contribution in [2.24, 2.45) is 0 Å². The first-order valence-corrected chi connectivity index (χ1v) is 9.68. The second-order valence-electron chi connectivity index (χ2n) is 6.42. The van der Waals surface area contributed by atoms with E-state index >= 15 is 0 Å². The average molecular weight is 359 g/mol. The summed E-state index contributed by atoms with van der Waals surface area (Å²) < 4.78 is 42.3. The maximum atomic E-state index is 12.8. The van der Waals surface area contributed by atoms with Crippen molar-refractivity contribution in [2.45, 2.75) is 58.0 Å². The molecule has 1 aromatic heterocycles. The smallest absolute Gasteiger partial charge is 0.280 e. The van der Waals surface area contributed by atoms with Gasteiger partial charge in [-0.05, 0) is 26.7 Å². The van der Waals surface area contributed by atoms with Crippen LogP contribution < -0.4 is 4.72 Å². The van der Waals surface area contributed by atoms with Crippen LogP contribution in [0.25, 0.3) is 0 Å². The van der Waals surface area contributed by atoms with Gasteiger partial charge in [0.05, 0.1) is 18.8 Å². The molecule has 2 aliphatic rings. The molecule has 1 N–H and O–H groups in total. The Bertz CT molecular complexity index is 677. The molecule has 0 spiro atoms. The Kier molecular flexibility index (Phi) is 5.21. The number of nitrogens with zero attached hydrogens (tertiary/aromatic N) is 4. The maximum absolute atomic E-state index is 12.8. The van der Waals surface area contributed by atoms with Crippen LogP contribution in [-0.2, 0) is 32.8 Å². The largest absolute Gasteiger partial charge is 0.377 e. The van der Waals surface area contributed by atoms with E-state index in [0.717, 1.165) is 13.0 Å². The predicted molar refractivity (Wildman–Crippen MR) is 86.3 cm³/mol. The third kappa shape index (κ3) is 3.62. The lowest BCUT2D eigenvalue weighted by Crippen LogP contribution is -2.54. The van der Waals surface area contributed by atoms with Crippen LogP contribution in [0, 0.1) is 0 Å². The third-order valence-corrected chi connectivity index (χ3v) is 6.05. The van der Waals surface area contributed by atoms with Crippen LogP contribution in [0.3, 0.4) is 0 Å². The molecular formula is C14H25N5O4S. The van der Waals surface area contributed by atoms with Crippen molar-refractivity contribution in [1.29, 1.82) is 0 Å². The van der Waals surface area contributed by atoms with Gasteiger partial charge in [0.2, 0.25) is 0 Å². The molecular weight excluding hydrogens is 334 g/mol. The van der Waals surface area contributed by atoms with Crippen LogP contribution >= 0.6 is 0 Å². The van der Waals surface area contributed by atoms with Crippen molar-refractivity contribution in [3.05, 3.63) is 11.6 Å². The van der Waals surface area contributed by atoms with Gasteiger partial charge < -0.3 is 9.47 Å². The number of ether oxygens (including phenoxy) is 2. The first-order valence-electron chi connectivity index (χ1n) is 8.24. The molecule has 1 fully saturated rings. The highest BCUT2D eigenvalue weighted by molar-refractivity contribution is 7.87. The van der Waals surface area contributed by atoms with Crippen LogP contribution in [-0.4, -0.2) is 59.9 Å². The van der Waals surface area contributed by atoms with Gasteiger partial charge in [0.25, 0.3) is 10.2 Å². The average Bonchev–Trinajstić information content (AvgIpc) is 2.93. The number of hydrogen-bond acceptors (Lipinski definition) is 6. The number of rotatable bonds is 5. The van der Waals surface area contributed by atoms with Crippen LogP contribution in [0.5, 0.6) is 0 Å². The van der Waals surface area contributed by atoms with E-state index in [1.165, 1.54) is 4.31 Å². The van der Waals surface area contributed by atoms with Crippen LogP contribution in [0.1, 0.15) is 44.4 Å². The minimum absolute atomic E-state index is 0.110. The molecule has 2 aliphatic heterocycles. The zero-order valence-corrected chi connectivity index (χ0v) is 15.1. The van der Waals surface area contributed by atoms with Gasteiger partial charge in [-0.25, -0.2) is 9.67 Å². The highest BCUT2D eigenvalue weighted by atomic mass is 32.2. The zero-order valence-electron chi connectivity index (χ0n) is 14.3. The Balaban J connectivity index is 1.78. The number of nitrogens with one attached hydrogen (secondary N) is 1. The Morgan fingerprint density at radius 2 is 2.21 bits per heavy atom. The Morgan fingerprint density at radius 3 is 2.96 bits per heavy atom. The van der Waals surface area contributed by atoms with Gasteiger partial charge in [-0.2, -0.15) is 22.5 Å². The number of hydrogen-bond donors (Lipinski definition) is 1. The molecule has 3 rings (SSSR count). The fourth-order valence-corrected chi connectivity index (χ4v) is 4.82. The second kappa shape index (κ2) is 7.04. The first-order chi connectivity index (χ1) is 11.4. The van der Waals surface area contributed by atoms with Gasteiger partial charge in [0.1, 0.15) is 12.4 Å². The van der Waals surface area contributed by atoms with Crippen molar-refractivity contribution >= 4 is 10.2 Å². The summed E-state index contributed by atoms with van der Waals surface area (Å²) in [5.41, 5.74) is 0. The van der Waals surface area contributed by atoms with E-state index in [1.807, 2.05) is 13.8 Å². The Labute approximate surface area is 142 Å². The fourth-order valence-electron chi connectivity index (χ4n) is 3.16. The van der Waals surface area contributed by atoms with Crippen LogP contribution in [0.2, 0.25) is 0 Å². The minimum atomic E-state index is -3.62. The molecule has 0 radical (unpaired) electrons. The van der Waals surface area contributed by atoms with Gasteiger partial charge >= 0.3 is 0 Å². The summed E-state index contributed by atoms with van der Waals surface area (Å²) in [5.74, 6) is 1.23. The summed E-state index contributed by atoms with van der Waals surface area (Å²) in [7, 11) is -2.04. The van der Waals surface area contributed by atoms with Crippen molar-refractivity contribution in [2.75, 3.05) is 20.3 Å². The normalized spacial score (nSPS) is 28.7. The summed E-state index contributed by atoms with van der Waals surface area (Å²) in [6, 6.07) is -0.559. The quantitative estimate of drug-likeness (QED) is 0.807. The molecule has 0 aliphatic carbocycles. The monoisotopic (exact) mass is 359 g/mol. The zero-order chi connectivity index (χ0) is 17.3. The molecule has 3 heterocycles. The molecule has 136 valence electrons. The number of aromatic nitrogens is 3. The van der Waals surface area contributed by atoms with Crippen molar-refractivity contribution < 1.29 is 17.9 Å². The maximum Gasteiger partial charge on any atom is 0.280 e. The lowest BCUT2D eigenvalue weighted by Gasteiger charge is -2.36.